The fourth-order valence-electron chi connectivity index (χ4n) is 1.84. The summed E-state index contributed by atoms with van der Waals surface area (Å²) in [6.45, 7) is 5.49. The van der Waals surface area contributed by atoms with E-state index in [0.717, 1.165) is 0 Å². The molecule has 17 heavy (non-hydrogen) atoms. The van der Waals surface area contributed by atoms with Crippen molar-refractivity contribution in [1.29, 1.82) is 0 Å². The van der Waals surface area contributed by atoms with Gasteiger partial charge in [-0.1, -0.05) is 20.8 Å². The number of likely N-dealkylation sites (tertiary alicyclic amines) is 1. The Kier molecular flexibility index (Phi) is 3.78. The number of aliphatic hydroxyl groups excluding tert-OH is 1. The summed E-state index contributed by atoms with van der Waals surface area (Å²) in [6, 6.07) is -1.74. The highest BCUT2D eigenvalue weighted by molar-refractivity contribution is 5.88. The normalized spacial score (nSPS) is 27.0. The van der Waals surface area contributed by atoms with E-state index in [1.165, 1.54) is 4.90 Å². The van der Waals surface area contributed by atoms with E-state index in [1.807, 2.05) is 20.8 Å². The van der Waals surface area contributed by atoms with Gasteiger partial charge < -0.3 is 20.8 Å². The quantitative estimate of drug-likeness (QED) is 0.602. The molecule has 0 aromatic rings. The first-order valence-electron chi connectivity index (χ1n) is 5.61. The Balaban J connectivity index is 2.84. The highest BCUT2D eigenvalue weighted by Crippen LogP contribution is 2.24. The second-order valence-corrected chi connectivity index (χ2v) is 5.58. The fraction of sp³-hybridized carbons (Fsp3) is 0.818. The van der Waals surface area contributed by atoms with E-state index in [1.54, 1.807) is 0 Å². The molecule has 1 aliphatic heterocycles. The van der Waals surface area contributed by atoms with Crippen molar-refractivity contribution in [3.63, 3.8) is 0 Å². The number of hydrogen-bond donors (Lipinski definition) is 3. The molecule has 1 rings (SSSR count). The Morgan fingerprint density at radius 3 is 2.35 bits per heavy atom. The summed E-state index contributed by atoms with van der Waals surface area (Å²) >= 11 is 0. The number of β-amino-alcohol motifs (C(OH)–C–C–N with tert-alkyl or cyclic N) is 1. The number of aliphatic carboxylic acids is 1. The van der Waals surface area contributed by atoms with Crippen LogP contribution in [-0.4, -0.2) is 51.7 Å². The van der Waals surface area contributed by atoms with Gasteiger partial charge in [0, 0.05) is 13.0 Å². The van der Waals surface area contributed by atoms with Crippen LogP contribution in [0, 0.1) is 5.41 Å². The van der Waals surface area contributed by atoms with Gasteiger partial charge >= 0.3 is 5.97 Å². The molecule has 0 unspecified atom stereocenters. The molecule has 6 heteroatoms. The van der Waals surface area contributed by atoms with Crippen LogP contribution in [0.2, 0.25) is 0 Å². The molecule has 1 fully saturated rings. The molecular formula is C11H20N2O4. The van der Waals surface area contributed by atoms with Gasteiger partial charge in [0.2, 0.25) is 5.91 Å². The first kappa shape index (κ1) is 13.9. The zero-order chi connectivity index (χ0) is 13.4. The standard InChI is InChI=1S/C11H20N2O4/c1-11(2,3)8(12)9(15)13-5-6(14)4-7(13)10(16)17/h6-8,14H,4-5,12H2,1-3H3,(H,16,17)/t6-,7+,8-/m1/s1. The van der Waals surface area contributed by atoms with Crippen molar-refractivity contribution in [3.05, 3.63) is 0 Å². The molecule has 1 amide bonds. The molecular weight excluding hydrogens is 224 g/mol. The van der Waals surface area contributed by atoms with Crippen molar-refractivity contribution in [3.8, 4) is 0 Å². The number of aliphatic hydroxyl groups is 1. The highest BCUT2D eigenvalue weighted by atomic mass is 16.4. The Morgan fingerprint density at radius 2 is 1.94 bits per heavy atom. The molecule has 3 atom stereocenters. The van der Waals surface area contributed by atoms with Gasteiger partial charge in [-0.05, 0) is 5.41 Å². The molecule has 0 saturated carbocycles. The average molecular weight is 244 g/mol. The van der Waals surface area contributed by atoms with E-state index in [9.17, 15) is 14.7 Å². The van der Waals surface area contributed by atoms with Crippen LogP contribution < -0.4 is 5.73 Å². The monoisotopic (exact) mass is 244 g/mol. The van der Waals surface area contributed by atoms with Gasteiger partial charge in [-0.25, -0.2) is 4.79 Å². The molecule has 6 nitrogen and oxygen atoms in total. The minimum Gasteiger partial charge on any atom is -0.480 e. The van der Waals surface area contributed by atoms with Crippen molar-refractivity contribution in [2.75, 3.05) is 6.54 Å². The van der Waals surface area contributed by atoms with Crippen molar-refractivity contribution in [1.82, 2.24) is 4.90 Å². The maximum absolute atomic E-state index is 12.1. The Bertz CT molecular complexity index is 324. The largest absolute Gasteiger partial charge is 0.480 e. The van der Waals surface area contributed by atoms with Crippen LogP contribution in [0.3, 0.4) is 0 Å². The topological polar surface area (TPSA) is 104 Å². The van der Waals surface area contributed by atoms with Gasteiger partial charge in [-0.15, -0.1) is 0 Å². The van der Waals surface area contributed by atoms with E-state index < -0.39 is 35.5 Å². The number of carbonyl (C=O) groups is 2. The number of nitrogens with two attached hydrogens (primary N) is 1. The third-order valence-corrected chi connectivity index (χ3v) is 3.05. The Hall–Kier alpha value is -1.14. The van der Waals surface area contributed by atoms with Gasteiger partial charge in [0.15, 0.2) is 0 Å². The summed E-state index contributed by atoms with van der Waals surface area (Å²) in [5.74, 6) is -1.52. The van der Waals surface area contributed by atoms with Crippen LogP contribution in [-0.2, 0) is 9.59 Å². The van der Waals surface area contributed by atoms with Gasteiger partial charge in [-0.3, -0.25) is 4.79 Å². The van der Waals surface area contributed by atoms with Crippen LogP contribution in [0.4, 0.5) is 0 Å². The van der Waals surface area contributed by atoms with Crippen LogP contribution in [0.1, 0.15) is 27.2 Å². The number of nitrogens with zero attached hydrogens (tertiary/aromatic N) is 1. The third kappa shape index (κ3) is 2.95. The minimum atomic E-state index is -1.10. The average Bonchev–Trinajstić information content (AvgIpc) is 2.56. The van der Waals surface area contributed by atoms with E-state index >= 15 is 0 Å². The van der Waals surface area contributed by atoms with Crippen LogP contribution >= 0.6 is 0 Å². The lowest BCUT2D eigenvalue weighted by Gasteiger charge is -2.31. The molecule has 0 radical (unpaired) electrons. The number of hydrogen-bond acceptors (Lipinski definition) is 4. The second kappa shape index (κ2) is 4.62. The van der Waals surface area contributed by atoms with Gasteiger partial charge in [-0.2, -0.15) is 0 Å². The van der Waals surface area contributed by atoms with Crippen LogP contribution in [0.15, 0.2) is 0 Å². The number of carbonyl (C=O) groups excluding carboxylic acids is 1. The predicted octanol–water partition coefficient (Wildman–Crippen LogP) is -0.594. The van der Waals surface area contributed by atoms with Crippen molar-refractivity contribution in [2.45, 2.75) is 45.4 Å². The maximum atomic E-state index is 12.1. The van der Waals surface area contributed by atoms with E-state index in [4.69, 9.17) is 10.8 Å². The van der Waals surface area contributed by atoms with Crippen LogP contribution in [0.5, 0.6) is 0 Å². The van der Waals surface area contributed by atoms with Crippen molar-refractivity contribution >= 4 is 11.9 Å². The zero-order valence-corrected chi connectivity index (χ0v) is 10.4. The molecule has 0 bridgehead atoms. The minimum absolute atomic E-state index is 0.0413. The highest BCUT2D eigenvalue weighted by Gasteiger charge is 2.42. The number of rotatable bonds is 2. The van der Waals surface area contributed by atoms with Crippen LogP contribution in [0.25, 0.3) is 0 Å². The lowest BCUT2D eigenvalue weighted by Crippen LogP contribution is -2.53. The number of amides is 1. The third-order valence-electron chi connectivity index (χ3n) is 3.05. The molecule has 1 heterocycles. The summed E-state index contributed by atoms with van der Waals surface area (Å²) in [5.41, 5.74) is 5.38. The Labute approximate surface area is 100 Å². The molecule has 0 aliphatic carbocycles. The first-order valence-corrected chi connectivity index (χ1v) is 5.61. The molecule has 0 aromatic carbocycles. The molecule has 0 spiro atoms. The molecule has 1 saturated heterocycles. The van der Waals surface area contributed by atoms with E-state index in [2.05, 4.69) is 0 Å². The van der Waals surface area contributed by atoms with Gasteiger partial charge in [0.1, 0.15) is 6.04 Å². The number of carboxylic acid groups (broad SMARTS) is 1. The summed E-state index contributed by atoms with van der Waals surface area (Å²) in [5, 5.41) is 18.4. The summed E-state index contributed by atoms with van der Waals surface area (Å²) in [6.07, 6.45) is -0.718. The molecule has 0 aromatic heterocycles. The number of carboxylic acids is 1. The smallest absolute Gasteiger partial charge is 0.326 e. The predicted molar refractivity (Wildman–Crippen MR) is 61.2 cm³/mol. The summed E-state index contributed by atoms with van der Waals surface area (Å²) < 4.78 is 0. The van der Waals surface area contributed by atoms with Crippen molar-refractivity contribution < 1.29 is 19.8 Å². The zero-order valence-electron chi connectivity index (χ0n) is 10.4. The lowest BCUT2D eigenvalue weighted by atomic mass is 9.86. The van der Waals surface area contributed by atoms with Gasteiger partial charge in [0.25, 0.3) is 0 Å². The maximum Gasteiger partial charge on any atom is 0.326 e. The van der Waals surface area contributed by atoms with Gasteiger partial charge in [0.05, 0.1) is 12.1 Å². The van der Waals surface area contributed by atoms with E-state index in [-0.39, 0.29) is 13.0 Å². The summed E-state index contributed by atoms with van der Waals surface area (Å²) in [7, 11) is 0. The van der Waals surface area contributed by atoms with E-state index in [0.29, 0.717) is 0 Å². The summed E-state index contributed by atoms with van der Waals surface area (Å²) in [4.78, 5) is 24.2. The molecule has 98 valence electrons. The molecule has 1 aliphatic rings. The second-order valence-electron chi connectivity index (χ2n) is 5.58. The Morgan fingerprint density at radius 1 is 1.41 bits per heavy atom. The SMILES string of the molecule is CC(C)(C)[C@H](N)C(=O)N1C[C@H](O)C[C@H]1C(=O)O. The first-order chi connectivity index (χ1) is 7.64. The fourth-order valence-corrected chi connectivity index (χ4v) is 1.84. The van der Waals surface area contributed by atoms with Crippen molar-refractivity contribution in [2.24, 2.45) is 11.1 Å². The molecule has 4 N–H and O–H groups in total. The lowest BCUT2D eigenvalue weighted by molar-refractivity contribution is -0.149.